The average Bonchev–Trinajstić information content (AvgIpc) is 2.68. The molecule has 0 saturated carbocycles. The quantitative estimate of drug-likeness (QED) is 0.848. The first-order valence-corrected chi connectivity index (χ1v) is 7.57. The van der Waals surface area contributed by atoms with E-state index >= 15 is 0 Å². The van der Waals surface area contributed by atoms with Gasteiger partial charge in [0, 0.05) is 6.07 Å². The van der Waals surface area contributed by atoms with Crippen LogP contribution in [0.3, 0.4) is 0 Å². The summed E-state index contributed by atoms with van der Waals surface area (Å²) in [6.45, 7) is 7.21. The molecule has 3 nitrogen and oxygen atoms in total. The van der Waals surface area contributed by atoms with E-state index in [0.29, 0.717) is 6.61 Å². The summed E-state index contributed by atoms with van der Waals surface area (Å²) in [5, 5.41) is 0. The smallest absolute Gasteiger partial charge is 0.137 e. The Kier molecular flexibility index (Phi) is 6.02. The Morgan fingerprint density at radius 2 is 1.68 bits per heavy atom. The van der Waals surface area contributed by atoms with Gasteiger partial charge in [0.05, 0.1) is 19.7 Å². The van der Waals surface area contributed by atoms with Crippen molar-refractivity contribution >= 4 is 0 Å². The molecular formula is C16H26NO2+. The Labute approximate surface area is 116 Å². The number of hydrogen-bond donors (Lipinski definition) is 1. The second kappa shape index (κ2) is 8.05. The second-order valence-corrected chi connectivity index (χ2v) is 5.17. The van der Waals surface area contributed by atoms with E-state index in [1.54, 1.807) is 4.90 Å². The molecule has 1 heterocycles. The molecule has 1 aliphatic rings. The molecule has 0 aliphatic carbocycles. The summed E-state index contributed by atoms with van der Waals surface area (Å²) < 4.78 is 11.3. The van der Waals surface area contributed by atoms with Crippen molar-refractivity contribution in [1.82, 2.24) is 0 Å². The van der Waals surface area contributed by atoms with Crippen molar-refractivity contribution in [2.24, 2.45) is 0 Å². The van der Waals surface area contributed by atoms with Crippen LogP contribution in [0.1, 0.15) is 32.6 Å². The molecule has 1 N–H and O–H groups in total. The molecule has 1 aromatic carbocycles. The molecule has 19 heavy (non-hydrogen) atoms. The van der Waals surface area contributed by atoms with Crippen LogP contribution in [0.25, 0.3) is 0 Å². The number of hydrogen-bond acceptors (Lipinski definition) is 2. The molecule has 106 valence electrons. The fourth-order valence-electron chi connectivity index (χ4n) is 2.61. The van der Waals surface area contributed by atoms with Crippen LogP contribution >= 0.6 is 0 Å². The highest BCUT2D eigenvalue weighted by Gasteiger charge is 2.11. The lowest BCUT2D eigenvalue weighted by atomic mass is 10.2. The number of quaternary nitrogens is 1. The highest BCUT2D eigenvalue weighted by Crippen LogP contribution is 2.18. The molecule has 1 aromatic rings. The van der Waals surface area contributed by atoms with Crippen LogP contribution in [0.4, 0.5) is 0 Å². The lowest BCUT2D eigenvalue weighted by Gasteiger charge is -2.17. The summed E-state index contributed by atoms with van der Waals surface area (Å²) in [5.74, 6) is 1.81. The van der Waals surface area contributed by atoms with Gasteiger partial charge in [0.15, 0.2) is 0 Å². The van der Waals surface area contributed by atoms with Crippen LogP contribution in [0, 0.1) is 0 Å². The van der Waals surface area contributed by atoms with Crippen LogP contribution in [0.5, 0.6) is 11.5 Å². The SMILES string of the molecule is CCOc1cccc(OCC[NH+]2CCCCCC2)c1. The van der Waals surface area contributed by atoms with E-state index in [1.807, 2.05) is 31.2 Å². The normalized spacial score (nSPS) is 16.9. The van der Waals surface area contributed by atoms with Crippen molar-refractivity contribution in [1.29, 1.82) is 0 Å². The van der Waals surface area contributed by atoms with Crippen molar-refractivity contribution in [3.05, 3.63) is 24.3 Å². The van der Waals surface area contributed by atoms with Gasteiger partial charge in [0.1, 0.15) is 24.7 Å². The monoisotopic (exact) mass is 264 g/mol. The molecule has 1 fully saturated rings. The van der Waals surface area contributed by atoms with E-state index in [-0.39, 0.29) is 0 Å². The highest BCUT2D eigenvalue weighted by molar-refractivity contribution is 5.32. The van der Waals surface area contributed by atoms with Crippen molar-refractivity contribution in [3.63, 3.8) is 0 Å². The minimum absolute atomic E-state index is 0.696. The lowest BCUT2D eigenvalue weighted by molar-refractivity contribution is -0.899. The summed E-state index contributed by atoms with van der Waals surface area (Å²) in [6, 6.07) is 7.93. The van der Waals surface area contributed by atoms with Gasteiger partial charge in [-0.1, -0.05) is 6.07 Å². The first-order chi connectivity index (χ1) is 9.38. The molecule has 0 amide bonds. The minimum atomic E-state index is 0.696. The zero-order valence-electron chi connectivity index (χ0n) is 12.0. The summed E-state index contributed by atoms with van der Waals surface area (Å²) in [4.78, 5) is 1.69. The summed E-state index contributed by atoms with van der Waals surface area (Å²) in [7, 11) is 0. The van der Waals surface area contributed by atoms with Gasteiger partial charge >= 0.3 is 0 Å². The van der Waals surface area contributed by atoms with Gasteiger partial charge in [-0.05, 0) is 44.7 Å². The van der Waals surface area contributed by atoms with Crippen LogP contribution in [0.2, 0.25) is 0 Å². The first-order valence-electron chi connectivity index (χ1n) is 7.57. The van der Waals surface area contributed by atoms with Crippen LogP contribution < -0.4 is 14.4 Å². The van der Waals surface area contributed by atoms with E-state index in [4.69, 9.17) is 9.47 Å². The first kappa shape index (κ1) is 14.2. The third-order valence-corrected chi connectivity index (χ3v) is 3.65. The van der Waals surface area contributed by atoms with Gasteiger partial charge in [-0.25, -0.2) is 0 Å². The second-order valence-electron chi connectivity index (χ2n) is 5.17. The van der Waals surface area contributed by atoms with Crippen molar-refractivity contribution in [2.75, 3.05) is 32.8 Å². The maximum Gasteiger partial charge on any atom is 0.137 e. The minimum Gasteiger partial charge on any atom is -0.494 e. The standard InChI is InChI=1S/C16H25NO2/c1-2-18-15-8-7-9-16(14-15)19-13-12-17-10-5-3-4-6-11-17/h7-9,14H,2-6,10-13H2,1H3/p+1. The maximum absolute atomic E-state index is 5.84. The van der Waals surface area contributed by atoms with E-state index in [0.717, 1.165) is 24.7 Å². The summed E-state index contributed by atoms with van der Waals surface area (Å²) >= 11 is 0. The molecular weight excluding hydrogens is 238 g/mol. The van der Waals surface area contributed by atoms with E-state index in [2.05, 4.69) is 0 Å². The van der Waals surface area contributed by atoms with Gasteiger partial charge in [0.2, 0.25) is 0 Å². The number of likely N-dealkylation sites (tertiary alicyclic amines) is 1. The van der Waals surface area contributed by atoms with Gasteiger partial charge in [-0.3, -0.25) is 0 Å². The predicted octanol–water partition coefficient (Wildman–Crippen LogP) is 1.92. The zero-order chi connectivity index (χ0) is 13.3. The van der Waals surface area contributed by atoms with Gasteiger partial charge < -0.3 is 14.4 Å². The fourth-order valence-corrected chi connectivity index (χ4v) is 2.61. The molecule has 0 bridgehead atoms. The molecule has 0 aromatic heterocycles. The molecule has 0 atom stereocenters. The molecule has 0 spiro atoms. The van der Waals surface area contributed by atoms with E-state index < -0.39 is 0 Å². The van der Waals surface area contributed by atoms with Crippen LogP contribution in [-0.2, 0) is 0 Å². The Morgan fingerprint density at radius 3 is 2.37 bits per heavy atom. The van der Waals surface area contributed by atoms with Gasteiger partial charge in [0.25, 0.3) is 0 Å². The maximum atomic E-state index is 5.84. The molecule has 2 rings (SSSR count). The van der Waals surface area contributed by atoms with E-state index in [9.17, 15) is 0 Å². The molecule has 0 unspecified atom stereocenters. The molecule has 1 aliphatic heterocycles. The van der Waals surface area contributed by atoms with Crippen molar-refractivity contribution < 1.29 is 14.4 Å². The summed E-state index contributed by atoms with van der Waals surface area (Å²) in [6.07, 6.45) is 5.55. The molecule has 3 heteroatoms. The van der Waals surface area contributed by atoms with Gasteiger partial charge in [-0.15, -0.1) is 0 Å². The Balaban J connectivity index is 1.73. The Morgan fingerprint density at radius 1 is 1.00 bits per heavy atom. The lowest BCUT2D eigenvalue weighted by Crippen LogP contribution is -3.12. The highest BCUT2D eigenvalue weighted by atomic mass is 16.5. The molecule has 1 saturated heterocycles. The number of nitrogens with one attached hydrogen (secondary N) is 1. The number of benzene rings is 1. The average molecular weight is 264 g/mol. The third-order valence-electron chi connectivity index (χ3n) is 3.65. The van der Waals surface area contributed by atoms with Crippen LogP contribution in [-0.4, -0.2) is 32.8 Å². The zero-order valence-corrected chi connectivity index (χ0v) is 12.0. The Hall–Kier alpha value is -1.22. The fraction of sp³-hybridized carbons (Fsp3) is 0.625. The van der Waals surface area contributed by atoms with Crippen molar-refractivity contribution in [2.45, 2.75) is 32.6 Å². The van der Waals surface area contributed by atoms with Crippen molar-refractivity contribution in [3.8, 4) is 11.5 Å². The third kappa shape index (κ3) is 5.11. The topological polar surface area (TPSA) is 22.9 Å². The van der Waals surface area contributed by atoms with E-state index in [1.165, 1.54) is 38.8 Å². The summed E-state index contributed by atoms with van der Waals surface area (Å²) in [5.41, 5.74) is 0. The largest absolute Gasteiger partial charge is 0.494 e. The Bertz CT molecular complexity index is 360. The molecule has 0 radical (unpaired) electrons. The van der Waals surface area contributed by atoms with Crippen LogP contribution in [0.15, 0.2) is 24.3 Å². The predicted molar refractivity (Wildman–Crippen MR) is 77.1 cm³/mol. The number of rotatable bonds is 6. The number of ether oxygens (including phenoxy) is 2. The van der Waals surface area contributed by atoms with Gasteiger partial charge in [-0.2, -0.15) is 0 Å².